The summed E-state index contributed by atoms with van der Waals surface area (Å²) < 4.78 is 6.51. The first-order valence-electron chi connectivity index (χ1n) is 8.89. The molecule has 7 nitrogen and oxygen atoms in total. The van der Waals surface area contributed by atoms with Crippen molar-refractivity contribution in [2.24, 2.45) is 13.0 Å². The lowest BCUT2D eigenvalue weighted by molar-refractivity contribution is -0.132. The number of ketones is 1. The first-order chi connectivity index (χ1) is 12.2. The quantitative estimate of drug-likeness (QED) is 0.516. The molecule has 1 saturated carbocycles. The number of methoxy groups -OCH3 is 1. The van der Waals surface area contributed by atoms with E-state index < -0.39 is 5.97 Å². The van der Waals surface area contributed by atoms with E-state index in [-0.39, 0.29) is 24.2 Å². The molecule has 144 valence electrons. The van der Waals surface area contributed by atoms with Crippen LogP contribution in [-0.2, 0) is 16.6 Å². The molecule has 0 spiro atoms. The zero-order chi connectivity index (χ0) is 19.6. The zero-order valence-corrected chi connectivity index (χ0v) is 16.6. The summed E-state index contributed by atoms with van der Waals surface area (Å²) in [6, 6.07) is 0. The number of likely N-dealkylation sites (N-methyl/N-ethyl adjacent to an activating group) is 1. The highest BCUT2D eigenvalue weighted by Gasteiger charge is 2.35. The number of aromatic nitrogens is 1. The van der Waals surface area contributed by atoms with Gasteiger partial charge in [-0.15, -0.1) is 0 Å². The van der Waals surface area contributed by atoms with Gasteiger partial charge in [0.25, 0.3) is 0 Å². The van der Waals surface area contributed by atoms with Gasteiger partial charge in [-0.1, -0.05) is 0 Å². The van der Waals surface area contributed by atoms with Crippen LogP contribution in [0.2, 0.25) is 0 Å². The number of ether oxygens (including phenoxy) is 1. The number of amides is 1. The van der Waals surface area contributed by atoms with Crippen molar-refractivity contribution in [2.45, 2.75) is 26.7 Å². The molecule has 0 aromatic carbocycles. The average molecular weight is 363 g/mol. The van der Waals surface area contributed by atoms with Gasteiger partial charge in [0.1, 0.15) is 5.69 Å². The van der Waals surface area contributed by atoms with E-state index in [9.17, 15) is 14.4 Å². The SMILES string of the molecule is COC(=O)c1c(C)c(C(=O)CN(CCN(C)C)C(=O)C2CC2)c(C)n1C. The van der Waals surface area contributed by atoms with Crippen LogP contribution in [0.1, 0.15) is 44.9 Å². The third kappa shape index (κ3) is 4.15. The van der Waals surface area contributed by atoms with Gasteiger partial charge < -0.3 is 19.1 Å². The smallest absolute Gasteiger partial charge is 0.354 e. The van der Waals surface area contributed by atoms with Crippen LogP contribution >= 0.6 is 0 Å². The molecule has 0 bridgehead atoms. The van der Waals surface area contributed by atoms with E-state index in [1.807, 2.05) is 19.0 Å². The molecule has 1 heterocycles. The van der Waals surface area contributed by atoms with Gasteiger partial charge in [0.05, 0.1) is 13.7 Å². The van der Waals surface area contributed by atoms with Gasteiger partial charge in [-0.05, 0) is 46.3 Å². The minimum absolute atomic E-state index is 0.0372. The molecule has 1 amide bonds. The van der Waals surface area contributed by atoms with E-state index in [4.69, 9.17) is 4.74 Å². The van der Waals surface area contributed by atoms with E-state index in [2.05, 4.69) is 0 Å². The maximum absolute atomic E-state index is 13.0. The van der Waals surface area contributed by atoms with Gasteiger partial charge in [0.15, 0.2) is 5.78 Å². The molecule has 1 aromatic heterocycles. The fourth-order valence-corrected chi connectivity index (χ4v) is 3.20. The molecular formula is C19H29N3O4. The van der Waals surface area contributed by atoms with Crippen molar-refractivity contribution in [3.63, 3.8) is 0 Å². The van der Waals surface area contributed by atoms with Crippen LogP contribution in [0.5, 0.6) is 0 Å². The first kappa shape index (κ1) is 20.2. The Balaban J connectivity index is 2.26. The van der Waals surface area contributed by atoms with Crippen LogP contribution in [0, 0.1) is 19.8 Å². The normalized spacial score (nSPS) is 13.8. The zero-order valence-electron chi connectivity index (χ0n) is 16.6. The monoisotopic (exact) mass is 363 g/mol. The van der Waals surface area contributed by atoms with Gasteiger partial charge in [-0.25, -0.2) is 4.79 Å². The van der Waals surface area contributed by atoms with Crippen molar-refractivity contribution in [2.75, 3.05) is 40.8 Å². The Morgan fingerprint density at radius 3 is 2.27 bits per heavy atom. The lowest BCUT2D eigenvalue weighted by Crippen LogP contribution is -2.41. The summed E-state index contributed by atoms with van der Waals surface area (Å²) in [4.78, 5) is 41.2. The topological polar surface area (TPSA) is 71.9 Å². The van der Waals surface area contributed by atoms with Crippen LogP contribution in [-0.4, -0.2) is 72.9 Å². The summed E-state index contributed by atoms with van der Waals surface area (Å²) in [5.74, 6) is -0.489. The highest BCUT2D eigenvalue weighted by atomic mass is 16.5. The summed E-state index contributed by atoms with van der Waals surface area (Å²) >= 11 is 0. The van der Waals surface area contributed by atoms with Gasteiger partial charge in [0.2, 0.25) is 5.91 Å². The highest BCUT2D eigenvalue weighted by molar-refractivity contribution is 6.04. The fourth-order valence-electron chi connectivity index (χ4n) is 3.20. The maximum Gasteiger partial charge on any atom is 0.354 e. The van der Waals surface area contributed by atoms with Crippen LogP contribution in [0.25, 0.3) is 0 Å². The third-order valence-corrected chi connectivity index (χ3v) is 4.98. The van der Waals surface area contributed by atoms with E-state index in [1.165, 1.54) is 7.11 Å². The van der Waals surface area contributed by atoms with Crippen molar-refractivity contribution < 1.29 is 19.1 Å². The van der Waals surface area contributed by atoms with Crippen LogP contribution in [0.3, 0.4) is 0 Å². The molecule has 26 heavy (non-hydrogen) atoms. The van der Waals surface area contributed by atoms with Crippen molar-refractivity contribution in [1.82, 2.24) is 14.4 Å². The van der Waals surface area contributed by atoms with Crippen LogP contribution in [0.15, 0.2) is 0 Å². The third-order valence-electron chi connectivity index (χ3n) is 4.98. The number of carbonyl (C=O) groups is 3. The van der Waals surface area contributed by atoms with E-state index in [0.29, 0.717) is 35.6 Å². The predicted molar refractivity (Wildman–Crippen MR) is 98.4 cm³/mol. The Bertz CT molecular complexity index is 717. The van der Waals surface area contributed by atoms with Crippen molar-refractivity contribution in [1.29, 1.82) is 0 Å². The van der Waals surface area contributed by atoms with Crippen LogP contribution in [0.4, 0.5) is 0 Å². The molecule has 1 aromatic rings. The number of hydrogen-bond acceptors (Lipinski definition) is 5. The minimum atomic E-state index is -0.467. The fraction of sp³-hybridized carbons (Fsp3) is 0.632. The standard InChI is InChI=1S/C19H29N3O4/c1-12-16(13(2)21(5)17(12)19(25)26-6)15(23)11-22(10-9-20(3)4)18(24)14-7-8-14/h14H,7-11H2,1-6H3. The van der Waals surface area contributed by atoms with Gasteiger partial charge in [-0.2, -0.15) is 0 Å². The second kappa shape index (κ2) is 8.03. The average Bonchev–Trinajstić information content (AvgIpc) is 3.39. The predicted octanol–water partition coefficient (Wildman–Crippen LogP) is 1.41. The van der Waals surface area contributed by atoms with E-state index in [0.717, 1.165) is 12.8 Å². The second-order valence-corrected chi connectivity index (χ2v) is 7.25. The van der Waals surface area contributed by atoms with Crippen molar-refractivity contribution in [3.8, 4) is 0 Å². The molecule has 0 atom stereocenters. The summed E-state index contributed by atoms with van der Waals surface area (Å²) in [7, 11) is 6.94. The summed E-state index contributed by atoms with van der Waals surface area (Å²) in [5.41, 5.74) is 2.20. The first-order valence-corrected chi connectivity index (χ1v) is 8.89. The highest BCUT2D eigenvalue weighted by Crippen LogP contribution is 2.31. The Morgan fingerprint density at radius 2 is 1.77 bits per heavy atom. The molecule has 2 rings (SSSR count). The molecule has 0 unspecified atom stereocenters. The van der Waals surface area contributed by atoms with Crippen molar-refractivity contribution in [3.05, 3.63) is 22.5 Å². The number of nitrogens with zero attached hydrogens (tertiary/aromatic N) is 3. The van der Waals surface area contributed by atoms with Gasteiger partial charge in [0, 0.05) is 37.3 Å². The largest absolute Gasteiger partial charge is 0.464 e. The number of hydrogen-bond donors (Lipinski definition) is 0. The molecule has 1 fully saturated rings. The van der Waals surface area contributed by atoms with Gasteiger partial charge >= 0.3 is 5.97 Å². The van der Waals surface area contributed by atoms with E-state index >= 15 is 0 Å². The molecule has 1 aliphatic rings. The number of Topliss-reactive ketones (excluding diaryl/α,β-unsaturated/α-hetero) is 1. The number of esters is 1. The Kier molecular flexibility index (Phi) is 6.23. The maximum atomic E-state index is 13.0. The molecule has 0 radical (unpaired) electrons. The lowest BCUT2D eigenvalue weighted by atomic mass is 10.0. The Hall–Kier alpha value is -2.15. The number of carbonyl (C=O) groups excluding carboxylic acids is 3. The molecular weight excluding hydrogens is 334 g/mol. The molecule has 0 saturated heterocycles. The molecule has 0 N–H and O–H groups in total. The lowest BCUT2D eigenvalue weighted by Gasteiger charge is -2.24. The van der Waals surface area contributed by atoms with Gasteiger partial charge in [-0.3, -0.25) is 9.59 Å². The van der Waals surface area contributed by atoms with Crippen molar-refractivity contribution >= 4 is 17.7 Å². The minimum Gasteiger partial charge on any atom is -0.464 e. The summed E-state index contributed by atoms with van der Waals surface area (Å²) in [6.45, 7) is 4.81. The summed E-state index contributed by atoms with van der Waals surface area (Å²) in [5, 5.41) is 0. The second-order valence-electron chi connectivity index (χ2n) is 7.25. The molecule has 1 aliphatic carbocycles. The Morgan fingerprint density at radius 1 is 1.15 bits per heavy atom. The number of rotatable bonds is 8. The summed E-state index contributed by atoms with van der Waals surface area (Å²) in [6.07, 6.45) is 1.81. The molecule has 0 aliphatic heterocycles. The van der Waals surface area contributed by atoms with Crippen LogP contribution < -0.4 is 0 Å². The van der Waals surface area contributed by atoms with E-state index in [1.54, 1.807) is 30.4 Å². The Labute approximate surface area is 154 Å². The molecule has 7 heteroatoms.